The van der Waals surface area contributed by atoms with Gasteiger partial charge in [0.2, 0.25) is 0 Å². The molecule has 2 aromatic carbocycles. The average molecular weight is 292 g/mol. The van der Waals surface area contributed by atoms with Crippen LogP contribution in [0.2, 0.25) is 10.0 Å². The Labute approximate surface area is 121 Å². The summed E-state index contributed by atoms with van der Waals surface area (Å²) in [6.45, 7) is 0. The molecule has 0 saturated heterocycles. The Morgan fingerprint density at radius 2 is 1.79 bits per heavy atom. The smallest absolute Gasteiger partial charge is 0.158 e. The summed E-state index contributed by atoms with van der Waals surface area (Å²) in [6.07, 6.45) is 0.716. The molecule has 1 aliphatic rings. The van der Waals surface area contributed by atoms with Gasteiger partial charge in [-0.2, -0.15) is 0 Å². The lowest BCUT2D eigenvalue weighted by molar-refractivity contribution is 0.0857. The Kier molecular flexibility index (Phi) is 3.45. The SMILES string of the molecule is Clc1ccc(C2=NOC(c3ccccc3)C2)cc1Cl. The van der Waals surface area contributed by atoms with E-state index in [-0.39, 0.29) is 6.10 Å². The molecule has 2 aromatic rings. The van der Waals surface area contributed by atoms with E-state index in [0.717, 1.165) is 23.3 Å². The molecule has 1 heterocycles. The second kappa shape index (κ2) is 5.24. The Morgan fingerprint density at radius 3 is 2.53 bits per heavy atom. The first-order valence-electron chi connectivity index (χ1n) is 5.97. The van der Waals surface area contributed by atoms with Crippen LogP contribution in [0.3, 0.4) is 0 Å². The molecule has 19 heavy (non-hydrogen) atoms. The van der Waals surface area contributed by atoms with Gasteiger partial charge in [-0.1, -0.05) is 64.8 Å². The standard InChI is InChI=1S/C15H11Cl2NO/c16-12-7-6-11(8-13(12)17)14-9-15(19-18-14)10-4-2-1-3-5-10/h1-8,15H,9H2. The first-order valence-corrected chi connectivity index (χ1v) is 6.72. The van der Waals surface area contributed by atoms with Gasteiger partial charge in [0.05, 0.1) is 15.8 Å². The maximum Gasteiger partial charge on any atom is 0.158 e. The molecule has 0 aromatic heterocycles. The molecule has 0 amide bonds. The van der Waals surface area contributed by atoms with E-state index >= 15 is 0 Å². The lowest BCUT2D eigenvalue weighted by Crippen LogP contribution is -2.01. The summed E-state index contributed by atoms with van der Waals surface area (Å²) in [6, 6.07) is 15.6. The number of rotatable bonds is 2. The number of halogens is 2. The Bertz CT molecular complexity index is 625. The summed E-state index contributed by atoms with van der Waals surface area (Å²) in [5.74, 6) is 0. The van der Waals surface area contributed by atoms with Crippen molar-refractivity contribution in [3.05, 3.63) is 69.7 Å². The van der Waals surface area contributed by atoms with E-state index in [9.17, 15) is 0 Å². The van der Waals surface area contributed by atoms with Crippen molar-refractivity contribution in [3.63, 3.8) is 0 Å². The fourth-order valence-electron chi connectivity index (χ4n) is 2.07. The van der Waals surface area contributed by atoms with Crippen LogP contribution in [-0.4, -0.2) is 5.71 Å². The lowest BCUT2D eigenvalue weighted by atomic mass is 10.0. The van der Waals surface area contributed by atoms with Crippen LogP contribution in [0.5, 0.6) is 0 Å². The first-order chi connectivity index (χ1) is 9.24. The molecule has 0 bridgehead atoms. The minimum atomic E-state index is -0.0225. The van der Waals surface area contributed by atoms with Gasteiger partial charge in [-0.05, 0) is 17.7 Å². The zero-order valence-corrected chi connectivity index (χ0v) is 11.5. The van der Waals surface area contributed by atoms with Crippen molar-refractivity contribution in [2.24, 2.45) is 5.16 Å². The van der Waals surface area contributed by atoms with E-state index in [1.807, 2.05) is 42.5 Å². The first kappa shape index (κ1) is 12.5. The van der Waals surface area contributed by atoms with Crippen LogP contribution in [-0.2, 0) is 4.84 Å². The molecule has 0 fully saturated rings. The van der Waals surface area contributed by atoms with Crippen LogP contribution in [0, 0.1) is 0 Å². The van der Waals surface area contributed by atoms with Crippen LogP contribution in [0.25, 0.3) is 0 Å². The van der Waals surface area contributed by atoms with Gasteiger partial charge in [0.25, 0.3) is 0 Å². The van der Waals surface area contributed by atoms with Crippen molar-refractivity contribution in [2.45, 2.75) is 12.5 Å². The fourth-order valence-corrected chi connectivity index (χ4v) is 2.37. The van der Waals surface area contributed by atoms with E-state index in [1.165, 1.54) is 0 Å². The molecule has 1 unspecified atom stereocenters. The molecular weight excluding hydrogens is 281 g/mol. The van der Waals surface area contributed by atoms with Crippen LogP contribution in [0.1, 0.15) is 23.7 Å². The highest BCUT2D eigenvalue weighted by Gasteiger charge is 2.23. The quantitative estimate of drug-likeness (QED) is 0.774. The minimum Gasteiger partial charge on any atom is -0.387 e. The van der Waals surface area contributed by atoms with Crippen molar-refractivity contribution >= 4 is 28.9 Å². The van der Waals surface area contributed by atoms with Crippen molar-refractivity contribution in [1.29, 1.82) is 0 Å². The molecule has 1 aliphatic heterocycles. The van der Waals surface area contributed by atoms with E-state index in [1.54, 1.807) is 6.07 Å². The lowest BCUT2D eigenvalue weighted by Gasteiger charge is -2.07. The highest BCUT2D eigenvalue weighted by atomic mass is 35.5. The van der Waals surface area contributed by atoms with Crippen LogP contribution < -0.4 is 0 Å². The summed E-state index contributed by atoms with van der Waals surface area (Å²) in [4.78, 5) is 5.49. The van der Waals surface area contributed by atoms with E-state index < -0.39 is 0 Å². The molecule has 4 heteroatoms. The van der Waals surface area contributed by atoms with Crippen molar-refractivity contribution in [3.8, 4) is 0 Å². The molecule has 0 radical (unpaired) electrons. The van der Waals surface area contributed by atoms with Crippen LogP contribution in [0.4, 0.5) is 0 Å². The third kappa shape index (κ3) is 2.60. The average Bonchev–Trinajstić information content (AvgIpc) is 2.93. The maximum atomic E-state index is 6.02. The van der Waals surface area contributed by atoms with Crippen LogP contribution >= 0.6 is 23.2 Å². The topological polar surface area (TPSA) is 21.6 Å². The normalized spacial score (nSPS) is 18.0. The largest absolute Gasteiger partial charge is 0.387 e. The summed E-state index contributed by atoms with van der Waals surface area (Å²) in [7, 11) is 0. The van der Waals surface area contributed by atoms with Gasteiger partial charge in [0.15, 0.2) is 6.10 Å². The summed E-state index contributed by atoms with van der Waals surface area (Å²) in [5, 5.41) is 5.23. The summed E-state index contributed by atoms with van der Waals surface area (Å²) in [5.41, 5.74) is 2.97. The van der Waals surface area contributed by atoms with Crippen molar-refractivity contribution < 1.29 is 4.84 Å². The molecule has 0 N–H and O–H groups in total. The number of nitrogens with zero attached hydrogens (tertiary/aromatic N) is 1. The highest BCUT2D eigenvalue weighted by Crippen LogP contribution is 2.31. The second-order valence-corrected chi connectivity index (χ2v) is 5.19. The zero-order chi connectivity index (χ0) is 13.2. The van der Waals surface area contributed by atoms with Gasteiger partial charge in [-0.15, -0.1) is 0 Å². The molecule has 0 aliphatic carbocycles. The molecule has 3 rings (SSSR count). The van der Waals surface area contributed by atoms with Gasteiger partial charge in [-0.3, -0.25) is 0 Å². The molecule has 0 saturated carbocycles. The maximum absolute atomic E-state index is 6.02. The Morgan fingerprint density at radius 1 is 1.00 bits per heavy atom. The minimum absolute atomic E-state index is 0.0225. The summed E-state index contributed by atoms with van der Waals surface area (Å²) >= 11 is 11.9. The number of hydrogen-bond donors (Lipinski definition) is 0. The van der Waals surface area contributed by atoms with E-state index in [2.05, 4.69) is 5.16 Å². The van der Waals surface area contributed by atoms with Gasteiger partial charge in [0, 0.05) is 12.0 Å². The van der Waals surface area contributed by atoms with Crippen molar-refractivity contribution in [2.75, 3.05) is 0 Å². The number of benzene rings is 2. The predicted molar refractivity (Wildman–Crippen MR) is 77.9 cm³/mol. The summed E-state index contributed by atoms with van der Waals surface area (Å²) < 4.78 is 0. The fraction of sp³-hybridized carbons (Fsp3) is 0.133. The third-order valence-electron chi connectivity index (χ3n) is 3.09. The van der Waals surface area contributed by atoms with Gasteiger partial charge < -0.3 is 4.84 Å². The van der Waals surface area contributed by atoms with E-state index in [0.29, 0.717) is 10.0 Å². The molecule has 0 spiro atoms. The molecule has 96 valence electrons. The van der Waals surface area contributed by atoms with Gasteiger partial charge >= 0.3 is 0 Å². The number of hydrogen-bond acceptors (Lipinski definition) is 2. The Balaban J connectivity index is 1.80. The molecule has 1 atom stereocenters. The zero-order valence-electron chi connectivity index (χ0n) is 10.0. The number of oxime groups is 1. The molecular formula is C15H11Cl2NO. The van der Waals surface area contributed by atoms with Gasteiger partial charge in [0.1, 0.15) is 0 Å². The highest BCUT2D eigenvalue weighted by molar-refractivity contribution is 6.42. The monoisotopic (exact) mass is 291 g/mol. The third-order valence-corrected chi connectivity index (χ3v) is 3.83. The van der Waals surface area contributed by atoms with E-state index in [4.69, 9.17) is 28.0 Å². The van der Waals surface area contributed by atoms with Crippen LogP contribution in [0.15, 0.2) is 53.7 Å². The van der Waals surface area contributed by atoms with Gasteiger partial charge in [-0.25, -0.2) is 0 Å². The second-order valence-electron chi connectivity index (χ2n) is 4.38. The molecule has 2 nitrogen and oxygen atoms in total. The predicted octanol–water partition coefficient (Wildman–Crippen LogP) is 4.86. The Hall–Kier alpha value is -1.51. The van der Waals surface area contributed by atoms with Crippen molar-refractivity contribution in [1.82, 2.24) is 0 Å².